The maximum atomic E-state index is 11.4. The quantitative estimate of drug-likeness (QED) is 0.583. The molecule has 2 heterocycles. The molecular weight excluding hydrogens is 186 g/mol. The van der Waals surface area contributed by atoms with E-state index in [0.717, 1.165) is 24.3 Å². The van der Waals surface area contributed by atoms with Crippen LogP contribution in [0.2, 0.25) is 0 Å². The second kappa shape index (κ2) is 3.70. The fourth-order valence-corrected chi connectivity index (χ4v) is 3.02. The van der Waals surface area contributed by atoms with E-state index in [4.69, 9.17) is 0 Å². The molecule has 0 saturated carbocycles. The van der Waals surface area contributed by atoms with Crippen molar-refractivity contribution in [2.75, 3.05) is 18.1 Å². The van der Waals surface area contributed by atoms with Crippen LogP contribution in [0.5, 0.6) is 0 Å². The summed E-state index contributed by atoms with van der Waals surface area (Å²) in [5.74, 6) is 1.82. The summed E-state index contributed by atoms with van der Waals surface area (Å²) in [5.41, 5.74) is 0. The molecule has 3 nitrogen and oxygen atoms in total. The van der Waals surface area contributed by atoms with E-state index < -0.39 is 0 Å². The fraction of sp³-hybridized carbons (Fsp3) is 0.778. The Morgan fingerprint density at radius 3 is 2.46 bits per heavy atom. The number of carbonyl (C=O) groups excluding carboxylic acids is 2. The van der Waals surface area contributed by atoms with Gasteiger partial charge in [-0.05, 0) is 24.3 Å². The van der Waals surface area contributed by atoms with Crippen molar-refractivity contribution in [3.05, 3.63) is 0 Å². The molecule has 0 aromatic rings. The minimum atomic E-state index is -0.239. The van der Waals surface area contributed by atoms with Crippen LogP contribution in [0.3, 0.4) is 0 Å². The Kier molecular flexibility index (Phi) is 2.58. The summed E-state index contributed by atoms with van der Waals surface area (Å²) in [5, 5.41) is 0. The van der Waals surface area contributed by atoms with Crippen LogP contribution in [0.25, 0.3) is 0 Å². The minimum Gasteiger partial charge on any atom is -0.333 e. The molecule has 1 amide bonds. The summed E-state index contributed by atoms with van der Waals surface area (Å²) in [6.07, 6.45) is 2.55. The lowest BCUT2D eigenvalue weighted by atomic mass is 10.1. The Morgan fingerprint density at radius 2 is 1.92 bits per heavy atom. The average Bonchev–Trinajstić information content (AvgIpc) is 2.49. The zero-order valence-corrected chi connectivity index (χ0v) is 8.31. The number of hydrogen-bond acceptors (Lipinski definition) is 3. The minimum absolute atomic E-state index is 0.196. The zero-order chi connectivity index (χ0) is 9.26. The molecule has 0 aromatic heterocycles. The average molecular weight is 199 g/mol. The first kappa shape index (κ1) is 9.06. The highest BCUT2D eigenvalue weighted by atomic mass is 32.2. The lowest BCUT2D eigenvalue weighted by molar-refractivity contribution is -0.141. The predicted octanol–water partition coefficient (Wildman–Crippen LogP) is 0.683. The number of Topliss-reactive ketones (excluding diaryl/α,β-unsaturated/α-hetero) is 1. The van der Waals surface area contributed by atoms with Crippen molar-refractivity contribution in [1.82, 2.24) is 4.90 Å². The topological polar surface area (TPSA) is 37.4 Å². The maximum Gasteiger partial charge on any atom is 0.290 e. The Morgan fingerprint density at radius 1 is 1.23 bits per heavy atom. The third kappa shape index (κ3) is 1.73. The molecule has 2 aliphatic rings. The molecule has 0 unspecified atom stereocenters. The van der Waals surface area contributed by atoms with Gasteiger partial charge in [-0.2, -0.15) is 11.8 Å². The van der Waals surface area contributed by atoms with Crippen LogP contribution < -0.4 is 0 Å². The molecule has 0 N–H and O–H groups in total. The number of hydrogen-bond donors (Lipinski definition) is 0. The van der Waals surface area contributed by atoms with Crippen molar-refractivity contribution >= 4 is 23.5 Å². The SMILES string of the molecule is O=C1CCN(C2CCSCC2)C1=O. The van der Waals surface area contributed by atoms with Crippen molar-refractivity contribution in [3.63, 3.8) is 0 Å². The smallest absolute Gasteiger partial charge is 0.290 e. The largest absolute Gasteiger partial charge is 0.333 e. The second-order valence-corrected chi connectivity index (χ2v) is 4.74. The normalized spacial score (nSPS) is 25.7. The summed E-state index contributed by atoms with van der Waals surface area (Å²) in [6, 6.07) is 0.347. The van der Waals surface area contributed by atoms with Gasteiger partial charge in [0.05, 0.1) is 0 Å². The molecule has 0 radical (unpaired) electrons. The van der Waals surface area contributed by atoms with Gasteiger partial charge in [-0.25, -0.2) is 0 Å². The summed E-state index contributed by atoms with van der Waals surface area (Å²) >= 11 is 1.94. The number of amides is 1. The monoisotopic (exact) mass is 199 g/mol. The van der Waals surface area contributed by atoms with Crippen LogP contribution in [0, 0.1) is 0 Å². The number of rotatable bonds is 1. The molecule has 2 fully saturated rings. The fourth-order valence-electron chi connectivity index (χ4n) is 1.94. The van der Waals surface area contributed by atoms with E-state index in [0.29, 0.717) is 19.0 Å². The van der Waals surface area contributed by atoms with Gasteiger partial charge in [-0.1, -0.05) is 0 Å². The molecule has 2 aliphatic heterocycles. The predicted molar refractivity (Wildman–Crippen MR) is 51.7 cm³/mol. The first-order valence-electron chi connectivity index (χ1n) is 4.70. The number of likely N-dealkylation sites (tertiary alicyclic amines) is 1. The van der Waals surface area contributed by atoms with Gasteiger partial charge in [0.1, 0.15) is 0 Å². The van der Waals surface area contributed by atoms with Gasteiger partial charge in [-0.15, -0.1) is 0 Å². The van der Waals surface area contributed by atoms with Crippen LogP contribution in [0.1, 0.15) is 19.3 Å². The van der Waals surface area contributed by atoms with Gasteiger partial charge in [0.25, 0.3) is 5.91 Å². The molecule has 0 spiro atoms. The molecular formula is C9H13NO2S. The summed E-state index contributed by atoms with van der Waals surface area (Å²) in [4.78, 5) is 24.2. The maximum absolute atomic E-state index is 11.4. The van der Waals surface area contributed by atoms with Gasteiger partial charge < -0.3 is 4.90 Å². The van der Waals surface area contributed by atoms with Crippen LogP contribution in [0.4, 0.5) is 0 Å². The summed E-state index contributed by atoms with van der Waals surface area (Å²) in [6.45, 7) is 0.660. The Hall–Kier alpha value is -0.510. The van der Waals surface area contributed by atoms with Gasteiger partial charge >= 0.3 is 0 Å². The third-order valence-corrected chi connectivity index (χ3v) is 3.76. The van der Waals surface area contributed by atoms with E-state index >= 15 is 0 Å². The van der Waals surface area contributed by atoms with Crippen LogP contribution in [-0.4, -0.2) is 40.7 Å². The van der Waals surface area contributed by atoms with Gasteiger partial charge in [0.15, 0.2) is 0 Å². The molecule has 0 atom stereocenters. The van der Waals surface area contributed by atoms with Crippen LogP contribution in [-0.2, 0) is 9.59 Å². The molecule has 0 aromatic carbocycles. The molecule has 0 aliphatic carbocycles. The van der Waals surface area contributed by atoms with Crippen molar-refractivity contribution in [2.45, 2.75) is 25.3 Å². The van der Waals surface area contributed by atoms with Crippen molar-refractivity contribution in [2.24, 2.45) is 0 Å². The van der Waals surface area contributed by atoms with Crippen molar-refractivity contribution in [3.8, 4) is 0 Å². The number of ketones is 1. The highest BCUT2D eigenvalue weighted by Crippen LogP contribution is 2.24. The molecule has 0 bridgehead atoms. The molecule has 2 saturated heterocycles. The first-order chi connectivity index (χ1) is 6.29. The zero-order valence-electron chi connectivity index (χ0n) is 7.49. The van der Waals surface area contributed by atoms with E-state index in [1.807, 2.05) is 11.8 Å². The second-order valence-electron chi connectivity index (χ2n) is 3.52. The van der Waals surface area contributed by atoms with Gasteiger partial charge in [-0.3, -0.25) is 9.59 Å². The number of carbonyl (C=O) groups is 2. The van der Waals surface area contributed by atoms with Gasteiger partial charge in [0.2, 0.25) is 5.78 Å². The highest BCUT2D eigenvalue weighted by Gasteiger charge is 2.34. The van der Waals surface area contributed by atoms with E-state index in [1.165, 1.54) is 0 Å². The van der Waals surface area contributed by atoms with Crippen LogP contribution >= 0.6 is 11.8 Å². The summed E-state index contributed by atoms with van der Waals surface area (Å²) < 4.78 is 0. The molecule has 2 rings (SSSR count). The number of thioether (sulfide) groups is 1. The molecule has 72 valence electrons. The Balaban J connectivity index is 2.00. The first-order valence-corrected chi connectivity index (χ1v) is 5.86. The summed E-state index contributed by atoms with van der Waals surface area (Å²) in [7, 11) is 0. The Labute approximate surface area is 81.9 Å². The van der Waals surface area contributed by atoms with Gasteiger partial charge in [0, 0.05) is 19.0 Å². The van der Waals surface area contributed by atoms with Crippen LogP contribution in [0.15, 0.2) is 0 Å². The van der Waals surface area contributed by atoms with E-state index in [1.54, 1.807) is 4.90 Å². The van der Waals surface area contributed by atoms with Crippen molar-refractivity contribution < 1.29 is 9.59 Å². The lowest BCUT2D eigenvalue weighted by Crippen LogP contribution is -2.39. The third-order valence-electron chi connectivity index (χ3n) is 2.71. The molecule has 13 heavy (non-hydrogen) atoms. The lowest BCUT2D eigenvalue weighted by Gasteiger charge is -2.29. The standard InChI is InChI=1S/C9H13NO2S/c11-8-1-4-10(9(8)12)7-2-5-13-6-3-7/h7H,1-6H2. The van der Waals surface area contributed by atoms with E-state index in [9.17, 15) is 9.59 Å². The van der Waals surface area contributed by atoms with Crippen molar-refractivity contribution in [1.29, 1.82) is 0 Å². The molecule has 4 heteroatoms. The highest BCUT2D eigenvalue weighted by molar-refractivity contribution is 7.99. The van der Waals surface area contributed by atoms with E-state index in [2.05, 4.69) is 0 Å². The number of nitrogens with zero attached hydrogens (tertiary/aromatic N) is 1. The Bertz CT molecular complexity index is 236. The van der Waals surface area contributed by atoms with E-state index in [-0.39, 0.29) is 11.7 Å².